The second-order valence-electron chi connectivity index (χ2n) is 5.75. The minimum atomic E-state index is -3.66. The van der Waals surface area contributed by atoms with E-state index in [1.165, 1.54) is 29.4 Å². The van der Waals surface area contributed by atoms with E-state index >= 15 is 0 Å². The fraction of sp³-hybridized carbons (Fsp3) is 0.533. The quantitative estimate of drug-likeness (QED) is 0.732. The Morgan fingerprint density at radius 2 is 1.84 bits per heavy atom. The van der Waals surface area contributed by atoms with Crippen molar-refractivity contribution in [3.05, 3.63) is 28.8 Å². The highest BCUT2D eigenvalue weighted by Crippen LogP contribution is 2.25. The number of nitrogens with zero attached hydrogens (tertiary/aromatic N) is 1. The van der Waals surface area contributed by atoms with Gasteiger partial charge in [-0.2, -0.15) is 4.31 Å². The van der Waals surface area contributed by atoms with Crippen LogP contribution in [-0.4, -0.2) is 58.2 Å². The van der Waals surface area contributed by atoms with Crippen LogP contribution in [-0.2, 0) is 19.9 Å². The van der Waals surface area contributed by atoms with E-state index in [1.807, 2.05) is 0 Å². The Morgan fingerprint density at radius 1 is 1.20 bits per heavy atom. The molecular weight excluding hydrogens is 388 g/mol. The Morgan fingerprint density at radius 3 is 2.44 bits per heavy atom. The molecule has 0 unspecified atom stereocenters. The number of rotatable bonds is 7. The summed E-state index contributed by atoms with van der Waals surface area (Å²) in [5.41, 5.74) is 0.0100. The van der Waals surface area contributed by atoms with E-state index in [0.29, 0.717) is 13.1 Å². The van der Waals surface area contributed by atoms with Gasteiger partial charge in [0.15, 0.2) is 9.84 Å². The van der Waals surface area contributed by atoms with Crippen molar-refractivity contribution in [2.24, 2.45) is 0 Å². The van der Waals surface area contributed by atoms with E-state index in [4.69, 9.17) is 11.6 Å². The summed E-state index contributed by atoms with van der Waals surface area (Å²) in [6.07, 6.45) is 1.62. The molecule has 0 aromatic heterocycles. The van der Waals surface area contributed by atoms with Gasteiger partial charge in [-0.25, -0.2) is 16.8 Å². The number of benzene rings is 1. The molecule has 1 amide bonds. The van der Waals surface area contributed by atoms with Crippen LogP contribution >= 0.6 is 11.6 Å². The van der Waals surface area contributed by atoms with Gasteiger partial charge in [0.05, 0.1) is 21.2 Å². The van der Waals surface area contributed by atoms with Gasteiger partial charge in [-0.3, -0.25) is 4.79 Å². The molecule has 0 atom stereocenters. The Bertz CT molecular complexity index is 847. The van der Waals surface area contributed by atoms with Crippen molar-refractivity contribution in [1.82, 2.24) is 9.62 Å². The van der Waals surface area contributed by atoms with E-state index < -0.39 is 25.8 Å². The molecule has 0 aliphatic carbocycles. The molecule has 25 heavy (non-hydrogen) atoms. The monoisotopic (exact) mass is 408 g/mol. The lowest BCUT2D eigenvalue weighted by atomic mass is 10.2. The van der Waals surface area contributed by atoms with Crippen molar-refractivity contribution in [2.45, 2.75) is 24.7 Å². The van der Waals surface area contributed by atoms with Crippen LogP contribution in [0.25, 0.3) is 0 Å². The number of halogens is 1. The highest BCUT2D eigenvalue weighted by atomic mass is 35.5. The first kappa shape index (κ1) is 20.2. The average Bonchev–Trinajstić information content (AvgIpc) is 3.10. The minimum absolute atomic E-state index is 0.00475. The zero-order valence-electron chi connectivity index (χ0n) is 13.9. The summed E-state index contributed by atoms with van der Waals surface area (Å²) < 4.78 is 49.4. The zero-order chi connectivity index (χ0) is 18.7. The summed E-state index contributed by atoms with van der Waals surface area (Å²) in [5.74, 6) is -0.791. The van der Waals surface area contributed by atoms with E-state index in [9.17, 15) is 21.6 Å². The van der Waals surface area contributed by atoms with Crippen molar-refractivity contribution >= 4 is 37.4 Å². The summed E-state index contributed by atoms with van der Waals surface area (Å²) in [4.78, 5) is 12.2. The largest absolute Gasteiger partial charge is 0.351 e. The van der Waals surface area contributed by atoms with Crippen molar-refractivity contribution in [1.29, 1.82) is 0 Å². The third-order valence-corrected chi connectivity index (χ3v) is 7.95. The Balaban J connectivity index is 2.17. The summed E-state index contributed by atoms with van der Waals surface area (Å²) in [6.45, 7) is 2.39. The normalized spacial score (nSPS) is 16.1. The van der Waals surface area contributed by atoms with E-state index in [-0.39, 0.29) is 33.5 Å². The molecule has 1 heterocycles. The molecule has 0 spiro atoms. The molecular formula is C15H21ClN2O5S2. The maximum absolute atomic E-state index is 12.6. The smallest absolute Gasteiger partial charge is 0.252 e. The number of carbonyl (C=O) groups excluding carboxylic acids is 1. The standard InChI is InChI=1S/C15H21ClN2O5S2/c1-2-24(20,21)10-7-17-15(19)13-11-12(5-6-14(13)16)25(22,23)18-8-3-4-9-18/h5-6,11H,2-4,7-10H2,1H3,(H,17,19). The number of sulfone groups is 1. The topological polar surface area (TPSA) is 101 Å². The van der Waals surface area contributed by atoms with Gasteiger partial charge in [-0.05, 0) is 31.0 Å². The minimum Gasteiger partial charge on any atom is -0.351 e. The SMILES string of the molecule is CCS(=O)(=O)CCNC(=O)c1cc(S(=O)(=O)N2CCCC2)ccc1Cl. The van der Waals surface area contributed by atoms with Gasteiger partial charge in [0, 0.05) is 25.4 Å². The van der Waals surface area contributed by atoms with Crippen LogP contribution in [0.15, 0.2) is 23.1 Å². The number of sulfonamides is 1. The van der Waals surface area contributed by atoms with Gasteiger partial charge < -0.3 is 5.32 Å². The molecule has 1 fully saturated rings. The number of hydrogen-bond donors (Lipinski definition) is 1. The van der Waals surface area contributed by atoms with Crippen LogP contribution in [0.2, 0.25) is 5.02 Å². The first-order valence-electron chi connectivity index (χ1n) is 7.95. The van der Waals surface area contributed by atoms with Gasteiger partial charge >= 0.3 is 0 Å². The van der Waals surface area contributed by atoms with Crippen molar-refractivity contribution in [3.63, 3.8) is 0 Å². The lowest BCUT2D eigenvalue weighted by Gasteiger charge is -2.16. The third-order valence-electron chi connectivity index (χ3n) is 4.02. The summed E-state index contributed by atoms with van der Waals surface area (Å²) >= 11 is 6.01. The lowest BCUT2D eigenvalue weighted by Crippen LogP contribution is -2.31. The summed E-state index contributed by atoms with van der Waals surface area (Å²) in [6, 6.07) is 3.97. The average molecular weight is 409 g/mol. The first-order valence-corrected chi connectivity index (χ1v) is 11.6. The second-order valence-corrected chi connectivity index (χ2v) is 10.6. The molecule has 1 N–H and O–H groups in total. The fourth-order valence-electron chi connectivity index (χ4n) is 2.48. The third kappa shape index (κ3) is 4.93. The highest BCUT2D eigenvalue weighted by molar-refractivity contribution is 7.91. The molecule has 10 heteroatoms. The van der Waals surface area contributed by atoms with Gasteiger partial charge in [0.1, 0.15) is 0 Å². The highest BCUT2D eigenvalue weighted by Gasteiger charge is 2.28. The van der Waals surface area contributed by atoms with Crippen molar-refractivity contribution < 1.29 is 21.6 Å². The summed E-state index contributed by atoms with van der Waals surface area (Å²) in [5, 5.41) is 2.58. The number of amides is 1. The van der Waals surface area contributed by atoms with E-state index in [0.717, 1.165) is 12.8 Å². The van der Waals surface area contributed by atoms with Crippen molar-refractivity contribution in [3.8, 4) is 0 Å². The predicted octanol–water partition coefficient (Wildman–Crippen LogP) is 1.29. The molecule has 1 aromatic carbocycles. The molecule has 1 aliphatic rings. The van der Waals surface area contributed by atoms with Gasteiger partial charge in [0.2, 0.25) is 10.0 Å². The maximum atomic E-state index is 12.6. The number of carbonyl (C=O) groups is 1. The Kier molecular flexibility index (Phi) is 6.47. The maximum Gasteiger partial charge on any atom is 0.252 e. The number of hydrogen-bond acceptors (Lipinski definition) is 5. The van der Waals surface area contributed by atoms with E-state index in [2.05, 4.69) is 5.32 Å². The molecule has 0 bridgehead atoms. The molecule has 0 radical (unpaired) electrons. The molecule has 2 rings (SSSR count). The Hall–Kier alpha value is -1.16. The second kappa shape index (κ2) is 8.03. The summed E-state index contributed by atoms with van der Waals surface area (Å²) in [7, 11) is -6.86. The molecule has 1 aromatic rings. The van der Waals surface area contributed by atoms with Crippen LogP contribution in [0.1, 0.15) is 30.1 Å². The van der Waals surface area contributed by atoms with Crippen LogP contribution in [0.3, 0.4) is 0 Å². The predicted molar refractivity (Wildman–Crippen MR) is 96.1 cm³/mol. The first-order chi connectivity index (χ1) is 11.7. The van der Waals surface area contributed by atoms with Crippen LogP contribution < -0.4 is 5.32 Å². The lowest BCUT2D eigenvalue weighted by molar-refractivity contribution is 0.0956. The van der Waals surface area contributed by atoms with Gasteiger partial charge in [-0.15, -0.1) is 0 Å². The van der Waals surface area contributed by atoms with Crippen LogP contribution in [0.5, 0.6) is 0 Å². The van der Waals surface area contributed by atoms with Crippen LogP contribution in [0, 0.1) is 0 Å². The van der Waals surface area contributed by atoms with Crippen LogP contribution in [0.4, 0.5) is 0 Å². The molecule has 1 saturated heterocycles. The Labute approximate surface area is 153 Å². The van der Waals surface area contributed by atoms with Gasteiger partial charge in [0.25, 0.3) is 5.91 Å². The van der Waals surface area contributed by atoms with Crippen molar-refractivity contribution in [2.75, 3.05) is 31.1 Å². The fourth-order valence-corrected chi connectivity index (χ4v) is 4.92. The molecule has 140 valence electrons. The molecule has 0 saturated carbocycles. The molecule has 7 nitrogen and oxygen atoms in total. The van der Waals surface area contributed by atoms with E-state index in [1.54, 1.807) is 0 Å². The van der Waals surface area contributed by atoms with Gasteiger partial charge in [-0.1, -0.05) is 18.5 Å². The molecule has 1 aliphatic heterocycles. The zero-order valence-corrected chi connectivity index (χ0v) is 16.3. The number of nitrogens with one attached hydrogen (secondary N) is 1.